The second-order valence-corrected chi connectivity index (χ2v) is 7.87. The van der Waals surface area contributed by atoms with Crippen LogP contribution in [0.1, 0.15) is 56.2 Å². The van der Waals surface area contributed by atoms with Gasteiger partial charge >= 0.3 is 0 Å². The van der Waals surface area contributed by atoms with Gasteiger partial charge in [0, 0.05) is 5.70 Å². The molecule has 0 heterocycles. The van der Waals surface area contributed by atoms with Crippen LogP contribution in [0.25, 0.3) is 5.57 Å². The van der Waals surface area contributed by atoms with Crippen molar-refractivity contribution in [2.24, 2.45) is 17.6 Å². The van der Waals surface area contributed by atoms with E-state index >= 15 is 0 Å². The molecule has 2 aromatic carbocycles. The van der Waals surface area contributed by atoms with Gasteiger partial charge in [-0.2, -0.15) is 0 Å². The third-order valence-electron chi connectivity index (χ3n) is 5.92. The zero-order chi connectivity index (χ0) is 19.2. The van der Waals surface area contributed by atoms with Gasteiger partial charge in [0.15, 0.2) is 0 Å². The van der Waals surface area contributed by atoms with Crippen molar-refractivity contribution in [1.29, 1.82) is 0 Å². The molecule has 0 fully saturated rings. The molecule has 0 saturated carbocycles. The van der Waals surface area contributed by atoms with Crippen LogP contribution >= 0.6 is 0 Å². The Kier molecular flexibility index (Phi) is 6.60. The standard InChI is InChI=1S/C25H33NO/c1-4-5-6-10-18(2)25(26)24(21-13-9-14-23(17-21)27-3)22-15-19-11-7-8-12-20(19)16-22/h7-9,11-14,17-18,22H,4-6,10,15-16,26H2,1-3H3. The summed E-state index contributed by atoms with van der Waals surface area (Å²) in [5.74, 6) is 1.75. The van der Waals surface area contributed by atoms with E-state index in [0.29, 0.717) is 11.8 Å². The molecule has 1 aliphatic rings. The molecule has 3 rings (SSSR count). The van der Waals surface area contributed by atoms with Crippen LogP contribution in [0.5, 0.6) is 5.75 Å². The summed E-state index contributed by atoms with van der Waals surface area (Å²) in [6, 6.07) is 17.2. The van der Waals surface area contributed by atoms with Gasteiger partial charge in [0.2, 0.25) is 0 Å². The summed E-state index contributed by atoms with van der Waals surface area (Å²) in [7, 11) is 1.73. The normalized spacial score (nSPS) is 16.0. The molecule has 0 aliphatic heterocycles. The lowest BCUT2D eigenvalue weighted by atomic mass is 9.84. The summed E-state index contributed by atoms with van der Waals surface area (Å²) in [5, 5.41) is 0. The molecule has 144 valence electrons. The number of fused-ring (bicyclic) bond motifs is 1. The van der Waals surface area contributed by atoms with Crippen LogP contribution in [0.15, 0.2) is 54.2 Å². The lowest BCUT2D eigenvalue weighted by Gasteiger charge is -2.23. The number of nitrogens with two attached hydrogens (primary N) is 1. The summed E-state index contributed by atoms with van der Waals surface area (Å²) in [4.78, 5) is 0. The van der Waals surface area contributed by atoms with Crippen molar-refractivity contribution in [3.63, 3.8) is 0 Å². The first-order valence-corrected chi connectivity index (χ1v) is 10.3. The van der Waals surface area contributed by atoms with Crippen LogP contribution in [0.2, 0.25) is 0 Å². The Labute approximate surface area is 164 Å². The highest BCUT2D eigenvalue weighted by Gasteiger charge is 2.28. The van der Waals surface area contributed by atoms with E-state index in [-0.39, 0.29) is 0 Å². The van der Waals surface area contributed by atoms with Crippen molar-refractivity contribution < 1.29 is 4.74 Å². The van der Waals surface area contributed by atoms with Crippen molar-refractivity contribution in [3.8, 4) is 5.75 Å². The summed E-state index contributed by atoms with van der Waals surface area (Å²) < 4.78 is 5.49. The number of unbranched alkanes of at least 4 members (excludes halogenated alkanes) is 2. The van der Waals surface area contributed by atoms with E-state index in [0.717, 1.165) is 30.7 Å². The Bertz CT molecular complexity index is 767. The zero-order valence-corrected chi connectivity index (χ0v) is 17.0. The number of ether oxygens (including phenoxy) is 1. The Morgan fingerprint density at radius 1 is 1.07 bits per heavy atom. The van der Waals surface area contributed by atoms with E-state index in [4.69, 9.17) is 10.5 Å². The summed E-state index contributed by atoms with van der Waals surface area (Å²) >= 11 is 0. The molecular formula is C25H33NO. The van der Waals surface area contributed by atoms with Crippen molar-refractivity contribution >= 4 is 5.57 Å². The molecule has 0 spiro atoms. The second-order valence-electron chi connectivity index (χ2n) is 7.87. The Morgan fingerprint density at radius 3 is 2.41 bits per heavy atom. The van der Waals surface area contributed by atoms with Gasteiger partial charge in [-0.25, -0.2) is 0 Å². The minimum Gasteiger partial charge on any atom is -0.497 e. The molecule has 0 bridgehead atoms. The third kappa shape index (κ3) is 4.55. The van der Waals surface area contributed by atoms with Crippen LogP contribution in [0.3, 0.4) is 0 Å². The van der Waals surface area contributed by atoms with Crippen molar-refractivity contribution in [3.05, 3.63) is 70.9 Å². The maximum Gasteiger partial charge on any atom is 0.119 e. The van der Waals surface area contributed by atoms with E-state index in [2.05, 4.69) is 56.3 Å². The molecule has 1 atom stereocenters. The molecule has 1 unspecified atom stereocenters. The predicted molar refractivity (Wildman–Crippen MR) is 115 cm³/mol. The van der Waals surface area contributed by atoms with Gasteiger partial charge in [0.1, 0.15) is 5.75 Å². The number of allylic oxidation sites excluding steroid dienone is 2. The van der Waals surface area contributed by atoms with Crippen LogP contribution in [-0.2, 0) is 12.8 Å². The fourth-order valence-electron chi connectivity index (χ4n) is 4.31. The van der Waals surface area contributed by atoms with E-state index in [1.165, 1.54) is 41.5 Å². The van der Waals surface area contributed by atoms with Gasteiger partial charge in [-0.1, -0.05) is 69.5 Å². The fourth-order valence-corrected chi connectivity index (χ4v) is 4.31. The first-order valence-electron chi connectivity index (χ1n) is 10.3. The monoisotopic (exact) mass is 363 g/mol. The Hall–Kier alpha value is -2.22. The third-order valence-corrected chi connectivity index (χ3v) is 5.92. The predicted octanol–water partition coefficient (Wildman–Crippen LogP) is 6.00. The van der Waals surface area contributed by atoms with Crippen LogP contribution in [0, 0.1) is 11.8 Å². The van der Waals surface area contributed by atoms with E-state index < -0.39 is 0 Å². The molecule has 0 saturated heterocycles. The Balaban J connectivity index is 1.95. The number of hydrogen-bond donors (Lipinski definition) is 1. The van der Waals surface area contributed by atoms with Crippen molar-refractivity contribution in [2.45, 2.75) is 52.4 Å². The summed E-state index contributed by atoms with van der Waals surface area (Å²) in [5.41, 5.74) is 13.4. The van der Waals surface area contributed by atoms with Crippen LogP contribution < -0.4 is 10.5 Å². The largest absolute Gasteiger partial charge is 0.497 e. The molecule has 1 aliphatic carbocycles. The SMILES string of the molecule is CCCCCC(C)C(N)=C(c1cccc(OC)c1)C1Cc2ccccc2C1. The average Bonchev–Trinajstić information content (AvgIpc) is 3.11. The first kappa shape index (κ1) is 19.5. The topological polar surface area (TPSA) is 35.2 Å². The zero-order valence-electron chi connectivity index (χ0n) is 17.0. The quantitative estimate of drug-likeness (QED) is 0.584. The van der Waals surface area contributed by atoms with Gasteiger partial charge in [-0.3, -0.25) is 0 Å². The smallest absolute Gasteiger partial charge is 0.119 e. The molecule has 2 N–H and O–H groups in total. The summed E-state index contributed by atoms with van der Waals surface area (Å²) in [6.45, 7) is 4.54. The lowest BCUT2D eigenvalue weighted by molar-refractivity contribution is 0.414. The highest BCUT2D eigenvalue weighted by molar-refractivity contribution is 5.72. The molecule has 27 heavy (non-hydrogen) atoms. The maximum atomic E-state index is 6.82. The molecule has 2 heteroatoms. The van der Waals surface area contributed by atoms with Gasteiger partial charge in [-0.05, 0) is 65.5 Å². The molecule has 2 nitrogen and oxygen atoms in total. The van der Waals surface area contributed by atoms with E-state index in [1.807, 2.05) is 6.07 Å². The second kappa shape index (κ2) is 9.12. The molecule has 0 aromatic heterocycles. The maximum absolute atomic E-state index is 6.82. The van der Waals surface area contributed by atoms with E-state index in [9.17, 15) is 0 Å². The van der Waals surface area contributed by atoms with Crippen molar-refractivity contribution in [2.75, 3.05) is 7.11 Å². The number of benzene rings is 2. The molecule has 0 radical (unpaired) electrons. The first-order chi connectivity index (χ1) is 13.1. The number of methoxy groups -OCH3 is 1. The van der Waals surface area contributed by atoms with Gasteiger partial charge in [-0.15, -0.1) is 0 Å². The molecule has 0 amide bonds. The number of hydrogen-bond acceptors (Lipinski definition) is 2. The summed E-state index contributed by atoms with van der Waals surface area (Å²) in [6.07, 6.45) is 7.08. The van der Waals surface area contributed by atoms with Crippen molar-refractivity contribution in [1.82, 2.24) is 0 Å². The van der Waals surface area contributed by atoms with Gasteiger partial charge in [0.25, 0.3) is 0 Å². The lowest BCUT2D eigenvalue weighted by Crippen LogP contribution is -2.17. The highest BCUT2D eigenvalue weighted by Crippen LogP contribution is 2.39. The minimum atomic E-state index is 0.404. The van der Waals surface area contributed by atoms with Crippen LogP contribution in [-0.4, -0.2) is 7.11 Å². The minimum absolute atomic E-state index is 0.404. The fraction of sp³-hybridized carbons (Fsp3) is 0.440. The van der Waals surface area contributed by atoms with Crippen LogP contribution in [0.4, 0.5) is 0 Å². The molecule has 2 aromatic rings. The van der Waals surface area contributed by atoms with Gasteiger partial charge in [0.05, 0.1) is 7.11 Å². The highest BCUT2D eigenvalue weighted by atomic mass is 16.5. The van der Waals surface area contributed by atoms with E-state index in [1.54, 1.807) is 7.11 Å². The van der Waals surface area contributed by atoms with Gasteiger partial charge < -0.3 is 10.5 Å². The molecular weight excluding hydrogens is 330 g/mol. The Morgan fingerprint density at radius 2 is 1.78 bits per heavy atom. The number of rotatable bonds is 8. The average molecular weight is 364 g/mol.